The molecule has 0 aliphatic carbocycles. The Morgan fingerprint density at radius 2 is 1.73 bits per heavy atom. The van der Waals surface area contributed by atoms with Crippen LogP contribution in [0, 0.1) is 6.92 Å². The second-order valence-corrected chi connectivity index (χ2v) is 6.63. The third-order valence-electron chi connectivity index (χ3n) is 4.30. The van der Waals surface area contributed by atoms with Crippen LogP contribution in [0.3, 0.4) is 0 Å². The summed E-state index contributed by atoms with van der Waals surface area (Å²) in [5.41, 5.74) is 5.03. The van der Waals surface area contributed by atoms with Gasteiger partial charge in [-0.2, -0.15) is 18.3 Å². The summed E-state index contributed by atoms with van der Waals surface area (Å²) in [5, 5.41) is 4.00. The minimum atomic E-state index is -4.40. The predicted molar refractivity (Wildman–Crippen MR) is 111 cm³/mol. The molecule has 0 aliphatic heterocycles. The maximum Gasteiger partial charge on any atom is 0.416 e. The van der Waals surface area contributed by atoms with Crippen molar-refractivity contribution in [2.24, 2.45) is 5.10 Å². The molecule has 0 aromatic heterocycles. The Bertz CT molecular complexity index is 1020. The quantitative estimate of drug-likeness (QED) is 0.378. The Labute approximate surface area is 173 Å². The standard InChI is InChI=1S/C23H21F3N2O2/c1-16-6-8-17(9-7-16)15-30-21-11-10-18(12-22(21)29-2)14-27-28-20-5-3-4-19(13-20)23(24,25)26/h3-14,28H,15H2,1-2H3. The number of halogens is 3. The van der Waals surface area contributed by atoms with Crippen molar-refractivity contribution in [1.82, 2.24) is 0 Å². The number of hydrogen-bond donors (Lipinski definition) is 1. The van der Waals surface area contributed by atoms with Gasteiger partial charge in [0.2, 0.25) is 0 Å². The van der Waals surface area contributed by atoms with E-state index in [2.05, 4.69) is 10.5 Å². The molecule has 3 aromatic carbocycles. The van der Waals surface area contributed by atoms with Crippen molar-refractivity contribution >= 4 is 11.9 Å². The van der Waals surface area contributed by atoms with E-state index in [1.54, 1.807) is 18.2 Å². The van der Waals surface area contributed by atoms with Gasteiger partial charge in [-0.05, 0) is 54.4 Å². The zero-order chi connectivity index (χ0) is 21.6. The van der Waals surface area contributed by atoms with Gasteiger partial charge in [-0.1, -0.05) is 35.9 Å². The fourth-order valence-electron chi connectivity index (χ4n) is 2.68. The fraction of sp³-hybridized carbons (Fsp3) is 0.174. The van der Waals surface area contributed by atoms with Gasteiger partial charge >= 0.3 is 6.18 Å². The zero-order valence-corrected chi connectivity index (χ0v) is 16.5. The smallest absolute Gasteiger partial charge is 0.416 e. The van der Waals surface area contributed by atoms with Gasteiger partial charge in [0.25, 0.3) is 0 Å². The third-order valence-corrected chi connectivity index (χ3v) is 4.30. The van der Waals surface area contributed by atoms with E-state index in [1.165, 1.54) is 31.0 Å². The summed E-state index contributed by atoms with van der Waals surface area (Å²) in [4.78, 5) is 0. The van der Waals surface area contributed by atoms with Gasteiger partial charge in [0.05, 0.1) is 24.6 Å². The van der Waals surface area contributed by atoms with E-state index in [1.807, 2.05) is 31.2 Å². The molecule has 7 heteroatoms. The molecule has 0 atom stereocenters. The normalized spacial score (nSPS) is 11.5. The second-order valence-electron chi connectivity index (χ2n) is 6.63. The minimum Gasteiger partial charge on any atom is -0.493 e. The van der Waals surface area contributed by atoms with Crippen LogP contribution in [0.5, 0.6) is 11.5 Å². The van der Waals surface area contributed by atoms with Gasteiger partial charge in [0.15, 0.2) is 11.5 Å². The van der Waals surface area contributed by atoms with Gasteiger partial charge < -0.3 is 9.47 Å². The molecular formula is C23H21F3N2O2. The first-order valence-corrected chi connectivity index (χ1v) is 9.18. The largest absolute Gasteiger partial charge is 0.493 e. The highest BCUT2D eigenvalue weighted by Crippen LogP contribution is 2.31. The van der Waals surface area contributed by atoms with E-state index in [-0.39, 0.29) is 5.69 Å². The van der Waals surface area contributed by atoms with Crippen molar-refractivity contribution in [3.63, 3.8) is 0 Å². The van der Waals surface area contributed by atoms with Crippen molar-refractivity contribution in [3.8, 4) is 11.5 Å². The Balaban J connectivity index is 1.65. The zero-order valence-electron chi connectivity index (χ0n) is 16.5. The summed E-state index contributed by atoms with van der Waals surface area (Å²) in [7, 11) is 1.54. The molecule has 0 heterocycles. The minimum absolute atomic E-state index is 0.242. The van der Waals surface area contributed by atoms with E-state index in [9.17, 15) is 13.2 Å². The summed E-state index contributed by atoms with van der Waals surface area (Å²) < 4.78 is 49.5. The van der Waals surface area contributed by atoms with Crippen LogP contribution in [0.4, 0.5) is 18.9 Å². The Kier molecular flexibility index (Phi) is 6.61. The van der Waals surface area contributed by atoms with Crippen molar-refractivity contribution in [2.45, 2.75) is 19.7 Å². The third kappa shape index (κ3) is 5.76. The molecule has 0 spiro atoms. The average Bonchev–Trinajstić information content (AvgIpc) is 2.73. The molecule has 3 aromatic rings. The Hall–Kier alpha value is -3.48. The molecule has 0 radical (unpaired) electrons. The predicted octanol–water partition coefficient (Wildman–Crippen LogP) is 6.05. The number of ether oxygens (including phenoxy) is 2. The molecule has 0 aliphatic rings. The number of anilines is 1. The summed E-state index contributed by atoms with van der Waals surface area (Å²) in [6, 6.07) is 18.2. The van der Waals surface area contributed by atoms with E-state index in [0.29, 0.717) is 23.7 Å². The maximum atomic E-state index is 12.8. The van der Waals surface area contributed by atoms with Gasteiger partial charge in [0, 0.05) is 0 Å². The van der Waals surface area contributed by atoms with Crippen LogP contribution in [0.15, 0.2) is 71.8 Å². The average molecular weight is 414 g/mol. The second kappa shape index (κ2) is 9.35. The number of benzene rings is 3. The van der Waals surface area contributed by atoms with Crippen molar-refractivity contribution in [2.75, 3.05) is 12.5 Å². The molecule has 0 bridgehead atoms. The lowest BCUT2D eigenvalue weighted by atomic mass is 10.2. The molecule has 0 saturated heterocycles. The van der Waals surface area contributed by atoms with E-state index in [0.717, 1.165) is 17.7 Å². The van der Waals surface area contributed by atoms with Crippen LogP contribution in [0.2, 0.25) is 0 Å². The topological polar surface area (TPSA) is 42.8 Å². The lowest BCUT2D eigenvalue weighted by Crippen LogP contribution is -2.05. The Morgan fingerprint density at radius 3 is 2.43 bits per heavy atom. The Morgan fingerprint density at radius 1 is 0.967 bits per heavy atom. The maximum absolute atomic E-state index is 12.8. The molecule has 0 fully saturated rings. The molecule has 0 saturated carbocycles. The number of aryl methyl sites for hydroxylation is 1. The summed E-state index contributed by atoms with van der Waals surface area (Å²) in [6.07, 6.45) is -2.91. The van der Waals surface area contributed by atoms with Crippen LogP contribution in [0.1, 0.15) is 22.3 Å². The summed E-state index contributed by atoms with van der Waals surface area (Å²) >= 11 is 0. The first kappa shape index (κ1) is 21.2. The highest BCUT2D eigenvalue weighted by atomic mass is 19.4. The van der Waals surface area contributed by atoms with E-state index >= 15 is 0 Å². The molecule has 0 unspecified atom stereocenters. The molecule has 30 heavy (non-hydrogen) atoms. The number of hydrogen-bond acceptors (Lipinski definition) is 4. The number of methoxy groups -OCH3 is 1. The number of nitrogens with zero attached hydrogens (tertiary/aromatic N) is 1. The van der Waals surface area contributed by atoms with Crippen molar-refractivity contribution < 1.29 is 22.6 Å². The molecule has 156 valence electrons. The van der Waals surface area contributed by atoms with Crippen LogP contribution < -0.4 is 14.9 Å². The van der Waals surface area contributed by atoms with Crippen LogP contribution >= 0.6 is 0 Å². The summed E-state index contributed by atoms with van der Waals surface area (Å²) in [6.45, 7) is 2.43. The highest BCUT2D eigenvalue weighted by Gasteiger charge is 2.30. The van der Waals surface area contributed by atoms with Gasteiger partial charge in [-0.15, -0.1) is 0 Å². The van der Waals surface area contributed by atoms with Crippen LogP contribution in [-0.2, 0) is 12.8 Å². The first-order valence-electron chi connectivity index (χ1n) is 9.18. The summed E-state index contributed by atoms with van der Waals surface area (Å²) in [5.74, 6) is 1.12. The van der Waals surface area contributed by atoms with Crippen molar-refractivity contribution in [1.29, 1.82) is 0 Å². The molecule has 1 N–H and O–H groups in total. The number of alkyl halides is 3. The number of nitrogens with one attached hydrogen (secondary N) is 1. The van der Waals surface area contributed by atoms with E-state index < -0.39 is 11.7 Å². The van der Waals surface area contributed by atoms with Crippen molar-refractivity contribution in [3.05, 3.63) is 89.0 Å². The van der Waals surface area contributed by atoms with Gasteiger partial charge in [-0.25, -0.2) is 0 Å². The SMILES string of the molecule is COc1cc(C=NNc2cccc(C(F)(F)F)c2)ccc1OCc1ccc(C)cc1. The highest BCUT2D eigenvalue weighted by molar-refractivity contribution is 5.81. The molecule has 4 nitrogen and oxygen atoms in total. The number of hydrazone groups is 1. The van der Waals surface area contributed by atoms with Crippen LogP contribution in [0.25, 0.3) is 0 Å². The van der Waals surface area contributed by atoms with Crippen LogP contribution in [-0.4, -0.2) is 13.3 Å². The molecular weight excluding hydrogens is 393 g/mol. The fourth-order valence-corrected chi connectivity index (χ4v) is 2.68. The monoisotopic (exact) mass is 414 g/mol. The van der Waals surface area contributed by atoms with Gasteiger partial charge in [0.1, 0.15) is 6.61 Å². The first-order chi connectivity index (χ1) is 14.3. The molecule has 0 amide bonds. The number of rotatable bonds is 7. The van der Waals surface area contributed by atoms with E-state index in [4.69, 9.17) is 9.47 Å². The lowest BCUT2D eigenvalue weighted by molar-refractivity contribution is -0.137. The lowest BCUT2D eigenvalue weighted by Gasteiger charge is -2.11. The van der Waals surface area contributed by atoms with Gasteiger partial charge in [-0.3, -0.25) is 5.43 Å². The molecule has 3 rings (SSSR count).